The first-order valence-electron chi connectivity index (χ1n) is 5.92. The normalized spacial score (nSPS) is 13.3. The summed E-state index contributed by atoms with van der Waals surface area (Å²) in [7, 11) is 0. The SMILES string of the molecule is N#Cc1c(Br)ccc(Cl)c1N1C(=O)c2ccccc2C1=O. The second-order valence-electron chi connectivity index (χ2n) is 4.36. The van der Waals surface area contributed by atoms with E-state index in [4.69, 9.17) is 11.6 Å². The van der Waals surface area contributed by atoms with E-state index in [1.54, 1.807) is 30.3 Å². The molecule has 0 atom stereocenters. The van der Waals surface area contributed by atoms with Gasteiger partial charge < -0.3 is 0 Å². The van der Waals surface area contributed by atoms with Crippen molar-refractivity contribution in [2.24, 2.45) is 0 Å². The van der Waals surface area contributed by atoms with Crippen molar-refractivity contribution in [3.8, 4) is 6.07 Å². The van der Waals surface area contributed by atoms with E-state index in [9.17, 15) is 14.9 Å². The summed E-state index contributed by atoms with van der Waals surface area (Å²) in [6.07, 6.45) is 0. The highest BCUT2D eigenvalue weighted by Gasteiger charge is 2.38. The van der Waals surface area contributed by atoms with Crippen LogP contribution in [-0.2, 0) is 0 Å². The van der Waals surface area contributed by atoms with Crippen LogP contribution in [0.1, 0.15) is 26.3 Å². The van der Waals surface area contributed by atoms with Crippen LogP contribution in [0, 0.1) is 11.3 Å². The maximum absolute atomic E-state index is 12.5. The summed E-state index contributed by atoms with van der Waals surface area (Å²) in [5.41, 5.74) is 0.876. The van der Waals surface area contributed by atoms with Crippen LogP contribution >= 0.6 is 27.5 Å². The van der Waals surface area contributed by atoms with Gasteiger partial charge >= 0.3 is 0 Å². The lowest BCUT2D eigenvalue weighted by Crippen LogP contribution is -2.30. The molecule has 0 fully saturated rings. The molecule has 0 aromatic heterocycles. The van der Waals surface area contributed by atoms with Gasteiger partial charge in [0.05, 0.1) is 27.4 Å². The minimum Gasteiger partial charge on any atom is -0.268 e. The van der Waals surface area contributed by atoms with E-state index in [1.165, 1.54) is 6.07 Å². The highest BCUT2D eigenvalue weighted by Crippen LogP contribution is 2.38. The minimum absolute atomic E-state index is 0.111. The van der Waals surface area contributed by atoms with Gasteiger partial charge in [-0.05, 0) is 40.2 Å². The largest absolute Gasteiger partial charge is 0.268 e. The maximum atomic E-state index is 12.5. The van der Waals surface area contributed by atoms with Gasteiger partial charge in [-0.15, -0.1) is 0 Å². The summed E-state index contributed by atoms with van der Waals surface area (Å²) in [4.78, 5) is 25.9. The molecule has 0 saturated carbocycles. The van der Waals surface area contributed by atoms with E-state index < -0.39 is 11.8 Å². The van der Waals surface area contributed by atoms with Crippen molar-refractivity contribution >= 4 is 45.0 Å². The Morgan fingerprint density at radius 1 is 1.05 bits per heavy atom. The van der Waals surface area contributed by atoms with Crippen LogP contribution in [-0.4, -0.2) is 11.8 Å². The van der Waals surface area contributed by atoms with Crippen molar-refractivity contribution in [2.45, 2.75) is 0 Å². The molecule has 2 aromatic carbocycles. The quantitative estimate of drug-likeness (QED) is 0.726. The topological polar surface area (TPSA) is 61.2 Å². The molecule has 0 aliphatic carbocycles. The Balaban J connectivity index is 2.26. The number of carbonyl (C=O) groups is 2. The number of hydrogen-bond donors (Lipinski definition) is 0. The molecule has 102 valence electrons. The molecular formula is C15H6BrClN2O2. The van der Waals surface area contributed by atoms with Crippen molar-refractivity contribution in [3.63, 3.8) is 0 Å². The number of carbonyl (C=O) groups excluding carboxylic acids is 2. The van der Waals surface area contributed by atoms with Gasteiger partial charge in [-0.2, -0.15) is 5.26 Å². The number of anilines is 1. The van der Waals surface area contributed by atoms with Crippen LogP contribution in [0.5, 0.6) is 0 Å². The molecule has 0 saturated heterocycles. The molecule has 1 aliphatic rings. The Morgan fingerprint density at radius 3 is 2.14 bits per heavy atom. The summed E-state index contributed by atoms with van der Waals surface area (Å²) in [5, 5.41) is 9.46. The van der Waals surface area contributed by atoms with Crippen molar-refractivity contribution in [1.82, 2.24) is 0 Å². The molecule has 0 radical (unpaired) electrons. The number of amides is 2. The van der Waals surface area contributed by atoms with Gasteiger partial charge in [-0.1, -0.05) is 23.7 Å². The van der Waals surface area contributed by atoms with Crippen LogP contribution in [0.3, 0.4) is 0 Å². The molecule has 0 N–H and O–H groups in total. The molecule has 21 heavy (non-hydrogen) atoms. The first kappa shape index (κ1) is 13.8. The van der Waals surface area contributed by atoms with Gasteiger partial charge in [0, 0.05) is 4.47 Å². The van der Waals surface area contributed by atoms with Crippen molar-refractivity contribution < 1.29 is 9.59 Å². The van der Waals surface area contributed by atoms with Gasteiger partial charge in [0.25, 0.3) is 11.8 Å². The molecule has 0 unspecified atom stereocenters. The first-order chi connectivity index (χ1) is 10.1. The third-order valence-corrected chi connectivity index (χ3v) is 4.17. The number of rotatable bonds is 1. The number of nitrogens with zero attached hydrogens (tertiary/aromatic N) is 2. The predicted octanol–water partition coefficient (Wildman–Crippen LogP) is 3.77. The lowest BCUT2D eigenvalue weighted by molar-refractivity contribution is 0.0926. The van der Waals surface area contributed by atoms with E-state index in [-0.39, 0.29) is 16.3 Å². The van der Waals surface area contributed by atoms with Gasteiger partial charge in [-0.25, -0.2) is 4.90 Å². The van der Waals surface area contributed by atoms with E-state index in [0.717, 1.165) is 4.90 Å². The van der Waals surface area contributed by atoms with Crippen molar-refractivity contribution in [2.75, 3.05) is 4.90 Å². The average molecular weight is 362 g/mol. The van der Waals surface area contributed by atoms with Crippen molar-refractivity contribution in [1.29, 1.82) is 5.26 Å². The zero-order valence-electron chi connectivity index (χ0n) is 10.4. The summed E-state index contributed by atoms with van der Waals surface area (Å²) in [5.74, 6) is -0.959. The number of benzene rings is 2. The lowest BCUT2D eigenvalue weighted by atomic mass is 10.1. The second kappa shape index (κ2) is 4.99. The van der Waals surface area contributed by atoms with Crippen LogP contribution in [0.4, 0.5) is 5.69 Å². The zero-order chi connectivity index (χ0) is 15.1. The molecule has 2 amide bonds. The number of imide groups is 1. The molecule has 0 bridgehead atoms. The second-order valence-corrected chi connectivity index (χ2v) is 5.62. The lowest BCUT2D eigenvalue weighted by Gasteiger charge is -2.17. The number of hydrogen-bond acceptors (Lipinski definition) is 3. The van der Waals surface area contributed by atoms with Gasteiger partial charge in [-0.3, -0.25) is 9.59 Å². The summed E-state index contributed by atoms with van der Waals surface area (Å²) < 4.78 is 0.473. The molecule has 3 rings (SSSR count). The number of fused-ring (bicyclic) bond motifs is 1. The van der Waals surface area contributed by atoms with Gasteiger partial charge in [0.1, 0.15) is 6.07 Å². The highest BCUT2D eigenvalue weighted by atomic mass is 79.9. The molecule has 4 nitrogen and oxygen atoms in total. The van der Waals surface area contributed by atoms with Gasteiger partial charge in [0.15, 0.2) is 0 Å². The van der Waals surface area contributed by atoms with Crippen LogP contribution in [0.25, 0.3) is 0 Å². The zero-order valence-corrected chi connectivity index (χ0v) is 12.8. The summed E-state index contributed by atoms with van der Waals surface area (Å²) >= 11 is 9.35. The summed E-state index contributed by atoms with van der Waals surface area (Å²) in [6, 6.07) is 11.6. The minimum atomic E-state index is -0.480. The third kappa shape index (κ3) is 1.96. The molecule has 1 aliphatic heterocycles. The number of nitriles is 1. The van der Waals surface area contributed by atoms with Crippen LogP contribution < -0.4 is 4.90 Å². The fraction of sp³-hybridized carbons (Fsp3) is 0. The van der Waals surface area contributed by atoms with Crippen molar-refractivity contribution in [3.05, 3.63) is 62.6 Å². The molecule has 1 heterocycles. The standard InChI is InChI=1S/C15H6BrClN2O2/c16-11-5-6-12(17)13(10(11)7-18)19-14(20)8-3-1-2-4-9(8)15(19)21/h1-6H. The Hall–Kier alpha value is -2.16. The van der Waals surface area contributed by atoms with E-state index in [1.807, 2.05) is 6.07 Å². The summed E-state index contributed by atoms with van der Waals surface area (Å²) in [6.45, 7) is 0. The third-order valence-electron chi connectivity index (χ3n) is 3.21. The highest BCUT2D eigenvalue weighted by molar-refractivity contribution is 9.10. The van der Waals surface area contributed by atoms with E-state index in [0.29, 0.717) is 15.6 Å². The van der Waals surface area contributed by atoms with Crippen LogP contribution in [0.15, 0.2) is 40.9 Å². The fourth-order valence-corrected chi connectivity index (χ4v) is 2.91. The fourth-order valence-electron chi connectivity index (χ4n) is 2.26. The Bertz CT molecular complexity index is 807. The predicted molar refractivity (Wildman–Crippen MR) is 81.4 cm³/mol. The van der Waals surface area contributed by atoms with Gasteiger partial charge in [0.2, 0.25) is 0 Å². The van der Waals surface area contributed by atoms with E-state index >= 15 is 0 Å². The molecule has 2 aromatic rings. The first-order valence-corrected chi connectivity index (χ1v) is 7.09. The monoisotopic (exact) mass is 360 g/mol. The number of halogens is 2. The van der Waals surface area contributed by atoms with Crippen LogP contribution in [0.2, 0.25) is 5.02 Å². The Morgan fingerprint density at radius 2 is 1.62 bits per heavy atom. The molecule has 0 spiro atoms. The van der Waals surface area contributed by atoms with E-state index in [2.05, 4.69) is 15.9 Å². The average Bonchev–Trinajstić information content (AvgIpc) is 2.74. The smallest absolute Gasteiger partial charge is 0.266 e. The molecular weight excluding hydrogens is 356 g/mol. The Kier molecular flexibility index (Phi) is 3.28. The molecule has 6 heteroatoms. The maximum Gasteiger partial charge on any atom is 0.266 e. The Labute approximate surface area is 133 Å².